The van der Waals surface area contributed by atoms with Crippen molar-refractivity contribution in [3.05, 3.63) is 28.4 Å². The Balaban J connectivity index is 2.48. The molecule has 0 saturated heterocycles. The predicted octanol–water partition coefficient (Wildman–Crippen LogP) is 3.40. The number of carboxylic acids is 1. The topological polar surface area (TPSA) is 62.3 Å². The van der Waals surface area contributed by atoms with Crippen LogP contribution in [-0.2, 0) is 11.2 Å². The van der Waals surface area contributed by atoms with Crippen LogP contribution in [0.4, 0.5) is 0 Å². The van der Waals surface area contributed by atoms with Gasteiger partial charge in [-0.15, -0.1) is 0 Å². The number of fused-ring (bicyclic) bond motifs is 1. The number of aliphatic carboxylic acids is 1. The van der Waals surface area contributed by atoms with Crippen molar-refractivity contribution in [1.29, 1.82) is 0 Å². The molecule has 0 aliphatic heterocycles. The molecule has 4 nitrogen and oxygen atoms in total. The highest BCUT2D eigenvalue weighted by Crippen LogP contribution is 2.33. The van der Waals surface area contributed by atoms with Crippen molar-refractivity contribution < 1.29 is 14.6 Å². The van der Waals surface area contributed by atoms with Crippen molar-refractivity contribution in [2.24, 2.45) is 5.92 Å². The Morgan fingerprint density at radius 2 is 2.21 bits per heavy atom. The molecule has 1 atom stereocenters. The van der Waals surface area contributed by atoms with Gasteiger partial charge in [0.2, 0.25) is 0 Å². The summed E-state index contributed by atoms with van der Waals surface area (Å²) in [4.78, 5) is 14.2. The van der Waals surface area contributed by atoms with Gasteiger partial charge >= 0.3 is 5.97 Å². The average Bonchev–Trinajstić information content (AvgIpc) is 2.64. The number of benzene rings is 1. The summed E-state index contributed by atoms with van der Waals surface area (Å²) in [6.07, 6.45) is 0.468. The SMILES string of the molecule is COc1cc2c(C)c(CC(C)C(=O)O)[nH]c2cc1Cl. The van der Waals surface area contributed by atoms with Crippen molar-refractivity contribution in [2.75, 3.05) is 7.11 Å². The standard InChI is InChI=1S/C14H16ClNO3/c1-7(14(17)18)4-11-8(2)9-5-13(19-3)10(15)6-12(9)16-11/h5-7,16H,4H2,1-3H3,(H,17,18). The fourth-order valence-electron chi connectivity index (χ4n) is 2.14. The zero-order valence-corrected chi connectivity index (χ0v) is 11.8. The Bertz CT molecular complexity index is 633. The predicted molar refractivity (Wildman–Crippen MR) is 75.1 cm³/mol. The van der Waals surface area contributed by atoms with Crippen molar-refractivity contribution in [1.82, 2.24) is 4.98 Å². The van der Waals surface area contributed by atoms with Gasteiger partial charge in [0.1, 0.15) is 5.75 Å². The summed E-state index contributed by atoms with van der Waals surface area (Å²) >= 11 is 6.08. The van der Waals surface area contributed by atoms with E-state index >= 15 is 0 Å². The number of ether oxygens (including phenoxy) is 1. The molecule has 0 radical (unpaired) electrons. The van der Waals surface area contributed by atoms with Crippen LogP contribution in [0.5, 0.6) is 5.75 Å². The van der Waals surface area contributed by atoms with E-state index in [0.29, 0.717) is 17.2 Å². The second-order valence-corrected chi connectivity index (χ2v) is 5.11. The summed E-state index contributed by atoms with van der Waals surface area (Å²) in [5.74, 6) is -0.605. The summed E-state index contributed by atoms with van der Waals surface area (Å²) in [7, 11) is 1.57. The van der Waals surface area contributed by atoms with Gasteiger partial charge < -0.3 is 14.8 Å². The number of aromatic amines is 1. The first-order valence-corrected chi connectivity index (χ1v) is 6.39. The molecular formula is C14H16ClNO3. The van der Waals surface area contributed by atoms with Gasteiger partial charge in [-0.05, 0) is 24.6 Å². The molecule has 0 saturated carbocycles. The van der Waals surface area contributed by atoms with E-state index in [2.05, 4.69) is 4.98 Å². The molecule has 1 heterocycles. The molecule has 0 amide bonds. The summed E-state index contributed by atoms with van der Waals surface area (Å²) in [5, 5.41) is 10.5. The molecule has 2 aromatic rings. The number of aryl methyl sites for hydroxylation is 1. The van der Waals surface area contributed by atoms with Gasteiger partial charge in [0, 0.05) is 23.0 Å². The second-order valence-electron chi connectivity index (χ2n) is 4.70. The quantitative estimate of drug-likeness (QED) is 0.903. The molecule has 2 N–H and O–H groups in total. The van der Waals surface area contributed by atoms with Crippen molar-refractivity contribution in [3.63, 3.8) is 0 Å². The number of carboxylic acid groups (broad SMARTS) is 1. The second kappa shape index (κ2) is 5.13. The van der Waals surface area contributed by atoms with E-state index in [1.807, 2.05) is 13.0 Å². The molecule has 0 aliphatic carbocycles. The lowest BCUT2D eigenvalue weighted by molar-refractivity contribution is -0.141. The van der Waals surface area contributed by atoms with E-state index < -0.39 is 11.9 Å². The molecule has 1 unspecified atom stereocenters. The molecule has 2 rings (SSSR count). The van der Waals surface area contributed by atoms with Crippen LogP contribution in [0.3, 0.4) is 0 Å². The average molecular weight is 282 g/mol. The van der Waals surface area contributed by atoms with E-state index in [1.165, 1.54) is 0 Å². The van der Waals surface area contributed by atoms with E-state index in [-0.39, 0.29) is 0 Å². The van der Waals surface area contributed by atoms with Gasteiger partial charge in [-0.2, -0.15) is 0 Å². The van der Waals surface area contributed by atoms with Crippen LogP contribution >= 0.6 is 11.6 Å². The number of aromatic nitrogens is 1. The minimum atomic E-state index is -0.798. The summed E-state index contributed by atoms with van der Waals surface area (Å²) in [6.45, 7) is 3.66. The number of H-pyrrole nitrogens is 1. The van der Waals surface area contributed by atoms with E-state index in [0.717, 1.165) is 22.2 Å². The molecule has 1 aromatic carbocycles. The van der Waals surface area contributed by atoms with Gasteiger partial charge in [-0.1, -0.05) is 18.5 Å². The Kier molecular flexibility index (Phi) is 3.71. The highest BCUT2D eigenvalue weighted by Gasteiger charge is 2.17. The van der Waals surface area contributed by atoms with Gasteiger partial charge in [0.05, 0.1) is 18.1 Å². The van der Waals surface area contributed by atoms with E-state index in [9.17, 15) is 4.79 Å². The molecule has 5 heteroatoms. The highest BCUT2D eigenvalue weighted by atomic mass is 35.5. The lowest BCUT2D eigenvalue weighted by atomic mass is 10.0. The van der Waals surface area contributed by atoms with Crippen LogP contribution in [0, 0.1) is 12.8 Å². The maximum Gasteiger partial charge on any atom is 0.306 e. The smallest absolute Gasteiger partial charge is 0.306 e. The highest BCUT2D eigenvalue weighted by molar-refractivity contribution is 6.32. The molecule has 0 bridgehead atoms. The van der Waals surface area contributed by atoms with E-state index in [4.69, 9.17) is 21.4 Å². The number of nitrogens with one attached hydrogen (secondary N) is 1. The van der Waals surface area contributed by atoms with Crippen LogP contribution in [0.25, 0.3) is 10.9 Å². The summed E-state index contributed by atoms with van der Waals surface area (Å²) in [6, 6.07) is 3.68. The molecule has 1 aromatic heterocycles. The Morgan fingerprint density at radius 3 is 2.79 bits per heavy atom. The monoisotopic (exact) mass is 281 g/mol. The number of rotatable bonds is 4. The first kappa shape index (κ1) is 13.7. The first-order valence-electron chi connectivity index (χ1n) is 6.01. The molecule has 0 fully saturated rings. The maximum absolute atomic E-state index is 10.9. The molecule has 102 valence electrons. The number of hydrogen-bond acceptors (Lipinski definition) is 2. The fraction of sp³-hybridized carbons (Fsp3) is 0.357. The minimum absolute atomic E-state index is 0.427. The van der Waals surface area contributed by atoms with Crippen molar-refractivity contribution in [3.8, 4) is 5.75 Å². The third-order valence-electron chi connectivity index (χ3n) is 3.37. The van der Waals surface area contributed by atoms with Crippen molar-refractivity contribution >= 4 is 28.5 Å². The van der Waals surface area contributed by atoms with Crippen LogP contribution in [-0.4, -0.2) is 23.2 Å². The number of methoxy groups -OCH3 is 1. The molecular weight excluding hydrogens is 266 g/mol. The Morgan fingerprint density at radius 1 is 1.53 bits per heavy atom. The zero-order chi connectivity index (χ0) is 14.2. The van der Waals surface area contributed by atoms with Gasteiger partial charge in [-0.25, -0.2) is 0 Å². The number of halogens is 1. The largest absolute Gasteiger partial charge is 0.495 e. The minimum Gasteiger partial charge on any atom is -0.495 e. The fourth-order valence-corrected chi connectivity index (χ4v) is 2.38. The number of carbonyl (C=O) groups is 1. The van der Waals surface area contributed by atoms with Gasteiger partial charge in [-0.3, -0.25) is 4.79 Å². The lowest BCUT2D eigenvalue weighted by Gasteiger charge is -2.05. The third kappa shape index (κ3) is 2.54. The van der Waals surface area contributed by atoms with Crippen LogP contribution in [0.1, 0.15) is 18.2 Å². The number of hydrogen-bond donors (Lipinski definition) is 2. The Labute approximate surface area is 116 Å². The van der Waals surface area contributed by atoms with Crippen molar-refractivity contribution in [2.45, 2.75) is 20.3 Å². The van der Waals surface area contributed by atoms with Gasteiger partial charge in [0.15, 0.2) is 0 Å². The third-order valence-corrected chi connectivity index (χ3v) is 3.66. The van der Waals surface area contributed by atoms with Crippen LogP contribution < -0.4 is 4.74 Å². The summed E-state index contributed by atoms with van der Waals surface area (Å²) in [5.41, 5.74) is 2.86. The zero-order valence-electron chi connectivity index (χ0n) is 11.1. The van der Waals surface area contributed by atoms with Gasteiger partial charge in [0.25, 0.3) is 0 Å². The van der Waals surface area contributed by atoms with Crippen LogP contribution in [0.15, 0.2) is 12.1 Å². The summed E-state index contributed by atoms with van der Waals surface area (Å²) < 4.78 is 5.20. The normalized spacial score (nSPS) is 12.6. The Hall–Kier alpha value is -1.68. The molecule has 19 heavy (non-hydrogen) atoms. The first-order chi connectivity index (χ1) is 8.93. The lowest BCUT2D eigenvalue weighted by Crippen LogP contribution is -2.12. The van der Waals surface area contributed by atoms with Crippen LogP contribution in [0.2, 0.25) is 5.02 Å². The molecule has 0 aliphatic rings. The van der Waals surface area contributed by atoms with E-state index in [1.54, 1.807) is 20.1 Å². The maximum atomic E-state index is 10.9. The molecule has 0 spiro atoms.